The minimum absolute atomic E-state index is 0.00929. The van der Waals surface area contributed by atoms with E-state index in [1.807, 2.05) is 0 Å². The quantitative estimate of drug-likeness (QED) is 0.663. The van der Waals surface area contributed by atoms with Crippen LogP contribution in [0.25, 0.3) is 0 Å². The summed E-state index contributed by atoms with van der Waals surface area (Å²) in [6.07, 6.45) is 1.37. The van der Waals surface area contributed by atoms with Crippen molar-refractivity contribution in [2.45, 2.75) is 9.79 Å². The number of aryl methyl sites for hydroxylation is 1. The van der Waals surface area contributed by atoms with Crippen molar-refractivity contribution < 1.29 is 22.7 Å². The molecule has 0 bridgehead atoms. The first-order chi connectivity index (χ1) is 13.8. The van der Waals surface area contributed by atoms with Crippen molar-refractivity contribution in [1.29, 1.82) is 0 Å². The van der Waals surface area contributed by atoms with E-state index in [0.717, 1.165) is 4.90 Å². The molecule has 11 heteroatoms. The topological polar surface area (TPSA) is 97.7 Å². The van der Waals surface area contributed by atoms with Gasteiger partial charge in [0.2, 0.25) is 15.9 Å². The van der Waals surface area contributed by atoms with Gasteiger partial charge in [-0.2, -0.15) is 4.31 Å². The van der Waals surface area contributed by atoms with Gasteiger partial charge in [-0.05, 0) is 30.3 Å². The number of rotatable bonds is 6. The van der Waals surface area contributed by atoms with Crippen molar-refractivity contribution in [3.63, 3.8) is 0 Å². The fourth-order valence-corrected chi connectivity index (χ4v) is 5.05. The molecule has 2 heterocycles. The average molecular weight is 458 g/mol. The van der Waals surface area contributed by atoms with Crippen molar-refractivity contribution >= 4 is 45.2 Å². The minimum Gasteiger partial charge on any atom is -0.379 e. The summed E-state index contributed by atoms with van der Waals surface area (Å²) in [5.74, 6) is -1.09. The van der Waals surface area contributed by atoms with E-state index in [1.54, 1.807) is 31.3 Å². The number of amides is 2. The van der Waals surface area contributed by atoms with Gasteiger partial charge < -0.3 is 9.30 Å². The summed E-state index contributed by atoms with van der Waals surface area (Å²) in [4.78, 5) is 25.4. The van der Waals surface area contributed by atoms with E-state index in [0.29, 0.717) is 18.2 Å². The Kier molecular flexibility index (Phi) is 7.01. The molecule has 0 atom stereocenters. The third-order valence-corrected chi connectivity index (χ3v) is 7.38. The smallest absolute Gasteiger partial charge is 0.274 e. The first kappa shape index (κ1) is 21.8. The third-order valence-electron chi connectivity index (χ3n) is 4.26. The standard InChI is InChI=1S/C18H20ClN3O5S2/c1-21-11-15(29(25,26)22-6-8-27-9-7-22)10-16(21)18(24)20-17(23)12-28-14-4-2-13(19)3-5-14/h2-5,10-11H,6-9,12H2,1H3,(H,20,23,24). The van der Waals surface area contributed by atoms with Gasteiger partial charge in [-0.25, -0.2) is 8.42 Å². The van der Waals surface area contributed by atoms with Gasteiger partial charge >= 0.3 is 0 Å². The Morgan fingerprint density at radius 2 is 1.86 bits per heavy atom. The number of thioether (sulfide) groups is 1. The summed E-state index contributed by atoms with van der Waals surface area (Å²) >= 11 is 7.08. The zero-order valence-corrected chi connectivity index (χ0v) is 18.0. The number of imide groups is 1. The zero-order valence-electron chi connectivity index (χ0n) is 15.6. The number of nitrogens with one attached hydrogen (secondary N) is 1. The van der Waals surface area contributed by atoms with E-state index in [4.69, 9.17) is 16.3 Å². The Labute approximate surface area is 178 Å². The SMILES string of the molecule is Cn1cc(S(=O)(=O)N2CCOCC2)cc1C(=O)NC(=O)CSc1ccc(Cl)cc1. The molecule has 1 fully saturated rings. The molecule has 1 aliphatic rings. The summed E-state index contributed by atoms with van der Waals surface area (Å²) in [5, 5.41) is 2.89. The summed E-state index contributed by atoms with van der Waals surface area (Å²) < 4.78 is 33.3. The summed E-state index contributed by atoms with van der Waals surface area (Å²) in [5.41, 5.74) is 0.0849. The largest absolute Gasteiger partial charge is 0.379 e. The molecule has 1 N–H and O–H groups in total. The number of carbonyl (C=O) groups excluding carboxylic acids is 2. The van der Waals surface area contributed by atoms with Crippen molar-refractivity contribution in [3.8, 4) is 0 Å². The average Bonchev–Trinajstić information content (AvgIpc) is 3.11. The van der Waals surface area contributed by atoms with Crippen LogP contribution in [-0.2, 0) is 26.6 Å². The fourth-order valence-electron chi connectivity index (χ4n) is 2.74. The monoisotopic (exact) mass is 457 g/mol. The van der Waals surface area contributed by atoms with Crippen LogP contribution >= 0.6 is 23.4 Å². The highest BCUT2D eigenvalue weighted by molar-refractivity contribution is 8.00. The molecular formula is C18H20ClN3O5S2. The van der Waals surface area contributed by atoms with Gasteiger partial charge in [0.1, 0.15) is 10.6 Å². The Morgan fingerprint density at radius 1 is 1.21 bits per heavy atom. The maximum Gasteiger partial charge on any atom is 0.274 e. The van der Waals surface area contributed by atoms with Gasteiger partial charge in [0.25, 0.3) is 5.91 Å². The van der Waals surface area contributed by atoms with Gasteiger partial charge in [-0.15, -0.1) is 11.8 Å². The first-order valence-electron chi connectivity index (χ1n) is 8.74. The van der Waals surface area contributed by atoms with Crippen LogP contribution in [0, 0.1) is 0 Å². The number of morpholine rings is 1. The van der Waals surface area contributed by atoms with E-state index in [2.05, 4.69) is 5.32 Å². The van der Waals surface area contributed by atoms with Crippen molar-refractivity contribution in [1.82, 2.24) is 14.2 Å². The number of sulfonamides is 1. The van der Waals surface area contributed by atoms with Crippen LogP contribution in [0.1, 0.15) is 10.5 Å². The van der Waals surface area contributed by atoms with Crippen LogP contribution in [0.3, 0.4) is 0 Å². The molecule has 1 saturated heterocycles. The van der Waals surface area contributed by atoms with Crippen LogP contribution in [0.2, 0.25) is 5.02 Å². The summed E-state index contributed by atoms with van der Waals surface area (Å²) in [7, 11) is -2.17. The lowest BCUT2D eigenvalue weighted by Crippen LogP contribution is -2.40. The van der Waals surface area contributed by atoms with E-state index in [1.165, 1.54) is 32.9 Å². The second-order valence-corrected chi connectivity index (χ2v) is 9.73. The highest BCUT2D eigenvalue weighted by Gasteiger charge is 2.29. The lowest BCUT2D eigenvalue weighted by Gasteiger charge is -2.25. The number of ether oxygens (including phenoxy) is 1. The molecule has 1 aliphatic heterocycles. The van der Waals surface area contributed by atoms with E-state index < -0.39 is 21.8 Å². The molecule has 2 amide bonds. The lowest BCUT2D eigenvalue weighted by atomic mass is 10.4. The fraction of sp³-hybridized carbons (Fsp3) is 0.333. The maximum absolute atomic E-state index is 12.7. The Morgan fingerprint density at radius 3 is 2.52 bits per heavy atom. The van der Waals surface area contributed by atoms with E-state index >= 15 is 0 Å². The normalized spacial score (nSPS) is 15.2. The molecule has 3 rings (SSSR count). The van der Waals surface area contributed by atoms with Gasteiger partial charge in [-0.1, -0.05) is 11.6 Å². The number of benzene rings is 1. The predicted molar refractivity (Wildman–Crippen MR) is 110 cm³/mol. The zero-order chi connectivity index (χ0) is 21.0. The van der Waals surface area contributed by atoms with Crippen LogP contribution in [0.5, 0.6) is 0 Å². The number of halogens is 1. The Bertz CT molecular complexity index is 999. The number of carbonyl (C=O) groups is 2. The molecule has 0 saturated carbocycles. The lowest BCUT2D eigenvalue weighted by molar-refractivity contribution is -0.117. The molecular weight excluding hydrogens is 438 g/mol. The molecule has 0 spiro atoms. The molecule has 0 radical (unpaired) electrons. The highest BCUT2D eigenvalue weighted by atomic mass is 35.5. The van der Waals surface area contributed by atoms with Crippen LogP contribution < -0.4 is 5.32 Å². The molecule has 29 heavy (non-hydrogen) atoms. The van der Waals surface area contributed by atoms with Crippen molar-refractivity contribution in [2.24, 2.45) is 7.05 Å². The van der Waals surface area contributed by atoms with Gasteiger partial charge in [0, 0.05) is 36.3 Å². The number of hydrogen-bond donors (Lipinski definition) is 1. The number of hydrogen-bond acceptors (Lipinski definition) is 6. The molecule has 1 aromatic carbocycles. The maximum atomic E-state index is 12.7. The summed E-state index contributed by atoms with van der Waals surface area (Å²) in [6.45, 7) is 1.19. The molecule has 2 aromatic rings. The first-order valence-corrected chi connectivity index (χ1v) is 11.5. The highest BCUT2D eigenvalue weighted by Crippen LogP contribution is 2.21. The van der Waals surface area contributed by atoms with Crippen LogP contribution in [-0.4, -0.2) is 61.2 Å². The molecule has 0 unspecified atom stereocenters. The van der Waals surface area contributed by atoms with Crippen LogP contribution in [0.15, 0.2) is 46.3 Å². The molecule has 8 nitrogen and oxygen atoms in total. The minimum atomic E-state index is -3.72. The van der Waals surface area contributed by atoms with Gasteiger partial charge in [0.15, 0.2) is 0 Å². The van der Waals surface area contributed by atoms with Crippen molar-refractivity contribution in [2.75, 3.05) is 32.1 Å². The molecule has 1 aromatic heterocycles. The van der Waals surface area contributed by atoms with Crippen molar-refractivity contribution in [3.05, 3.63) is 47.2 Å². The summed E-state index contributed by atoms with van der Waals surface area (Å²) in [6, 6.07) is 8.27. The number of nitrogens with zero attached hydrogens (tertiary/aromatic N) is 2. The Balaban J connectivity index is 1.63. The second-order valence-electron chi connectivity index (χ2n) is 6.31. The van der Waals surface area contributed by atoms with Gasteiger partial charge in [0.05, 0.1) is 19.0 Å². The second kappa shape index (κ2) is 9.31. The number of aromatic nitrogens is 1. The third kappa shape index (κ3) is 5.40. The molecule has 0 aliphatic carbocycles. The Hall–Kier alpha value is -1.85. The van der Waals surface area contributed by atoms with Gasteiger partial charge in [-0.3, -0.25) is 14.9 Å². The van der Waals surface area contributed by atoms with E-state index in [9.17, 15) is 18.0 Å². The predicted octanol–water partition coefficient (Wildman–Crippen LogP) is 1.75. The molecule has 156 valence electrons. The van der Waals surface area contributed by atoms with E-state index in [-0.39, 0.29) is 29.4 Å². The van der Waals surface area contributed by atoms with Crippen LogP contribution in [0.4, 0.5) is 0 Å².